The molecule has 3 heterocycles. The van der Waals surface area contributed by atoms with E-state index in [0.717, 1.165) is 38.3 Å². The molecule has 10 heteroatoms. The molecule has 1 aliphatic heterocycles. The highest BCUT2D eigenvalue weighted by Crippen LogP contribution is 2.24. The fraction of sp³-hybridized carbons (Fsp3) is 0.350. The van der Waals surface area contributed by atoms with E-state index in [0.29, 0.717) is 33.7 Å². The van der Waals surface area contributed by atoms with Gasteiger partial charge in [-0.25, -0.2) is 4.79 Å². The molecule has 30 heavy (non-hydrogen) atoms. The number of fused-ring (bicyclic) bond motifs is 1. The number of piperazine rings is 1. The molecule has 2 aromatic heterocycles. The summed E-state index contributed by atoms with van der Waals surface area (Å²) < 4.78 is 3.17. The number of allylic oxidation sites excluding steroid dienone is 1. The summed E-state index contributed by atoms with van der Waals surface area (Å²) in [4.78, 5) is 35.8. The van der Waals surface area contributed by atoms with Gasteiger partial charge in [-0.3, -0.25) is 19.2 Å². The molecule has 0 atom stereocenters. The number of anilines is 1. The molecular formula is C20H22Cl2N6O2. The summed E-state index contributed by atoms with van der Waals surface area (Å²) in [6.45, 7) is 8.04. The summed E-state index contributed by atoms with van der Waals surface area (Å²) >= 11 is 12.3. The molecule has 1 fully saturated rings. The number of aromatic nitrogens is 4. The molecule has 1 aromatic carbocycles. The first-order valence-electron chi connectivity index (χ1n) is 9.60. The van der Waals surface area contributed by atoms with Gasteiger partial charge < -0.3 is 9.47 Å². The zero-order valence-corrected chi connectivity index (χ0v) is 18.1. The average Bonchev–Trinajstić information content (AvgIpc) is 3.09. The van der Waals surface area contributed by atoms with E-state index in [1.165, 1.54) is 4.57 Å². The third-order valence-electron chi connectivity index (χ3n) is 5.36. The quantitative estimate of drug-likeness (QED) is 0.605. The molecule has 0 bridgehead atoms. The summed E-state index contributed by atoms with van der Waals surface area (Å²) in [5.74, 6) is 0.667. The fourth-order valence-electron chi connectivity index (χ4n) is 3.76. The van der Waals surface area contributed by atoms with Crippen molar-refractivity contribution >= 4 is 40.3 Å². The number of aromatic amines is 1. The zero-order chi connectivity index (χ0) is 21.4. The summed E-state index contributed by atoms with van der Waals surface area (Å²) in [6.07, 6.45) is 1.72. The largest absolute Gasteiger partial charge is 0.340 e. The zero-order valence-electron chi connectivity index (χ0n) is 16.6. The van der Waals surface area contributed by atoms with Crippen LogP contribution in [0, 0.1) is 0 Å². The number of nitrogens with zero attached hydrogens (tertiary/aromatic N) is 5. The van der Waals surface area contributed by atoms with Crippen LogP contribution < -0.4 is 16.1 Å². The number of benzene rings is 1. The molecule has 8 nitrogen and oxygen atoms in total. The normalized spacial score (nSPS) is 15.1. The van der Waals surface area contributed by atoms with Crippen molar-refractivity contribution in [3.8, 4) is 0 Å². The van der Waals surface area contributed by atoms with Crippen LogP contribution in [-0.2, 0) is 20.1 Å². The van der Waals surface area contributed by atoms with Gasteiger partial charge in [0.2, 0.25) is 5.95 Å². The van der Waals surface area contributed by atoms with Gasteiger partial charge in [-0.1, -0.05) is 35.3 Å². The fourth-order valence-corrected chi connectivity index (χ4v) is 4.23. The monoisotopic (exact) mass is 448 g/mol. The molecule has 1 saturated heterocycles. The summed E-state index contributed by atoms with van der Waals surface area (Å²) in [6, 6.07) is 5.56. The van der Waals surface area contributed by atoms with Gasteiger partial charge in [0.25, 0.3) is 5.56 Å². The second kappa shape index (κ2) is 8.29. The number of hydrogen-bond donors (Lipinski definition) is 1. The maximum Gasteiger partial charge on any atom is 0.329 e. The van der Waals surface area contributed by atoms with Gasteiger partial charge in [0, 0.05) is 56.4 Å². The Hall–Kier alpha value is -2.55. The molecule has 1 N–H and O–H groups in total. The number of H-pyrrole nitrogens is 1. The van der Waals surface area contributed by atoms with E-state index in [-0.39, 0.29) is 0 Å². The molecule has 3 aromatic rings. The van der Waals surface area contributed by atoms with E-state index < -0.39 is 11.2 Å². The molecule has 0 aliphatic carbocycles. The van der Waals surface area contributed by atoms with E-state index in [2.05, 4.69) is 26.3 Å². The van der Waals surface area contributed by atoms with E-state index >= 15 is 0 Å². The summed E-state index contributed by atoms with van der Waals surface area (Å²) in [5, 5.41) is 1.29. The maximum absolute atomic E-state index is 12.4. The summed E-state index contributed by atoms with van der Waals surface area (Å²) in [7, 11) is 1.60. The van der Waals surface area contributed by atoms with Crippen molar-refractivity contribution in [2.24, 2.45) is 7.05 Å². The number of halogens is 2. The van der Waals surface area contributed by atoms with E-state index in [1.807, 2.05) is 16.7 Å². The lowest BCUT2D eigenvalue weighted by Gasteiger charge is -2.35. The van der Waals surface area contributed by atoms with E-state index in [1.54, 1.807) is 19.2 Å². The van der Waals surface area contributed by atoms with Crippen molar-refractivity contribution in [3.05, 3.63) is 67.3 Å². The number of rotatable bonds is 5. The lowest BCUT2D eigenvalue weighted by atomic mass is 10.2. The molecule has 158 valence electrons. The third-order valence-corrected chi connectivity index (χ3v) is 5.95. The Bertz CT molecular complexity index is 1220. The van der Waals surface area contributed by atoms with Crippen molar-refractivity contribution < 1.29 is 0 Å². The highest BCUT2D eigenvalue weighted by Gasteiger charge is 2.24. The average molecular weight is 449 g/mol. The topological polar surface area (TPSA) is 79.2 Å². The van der Waals surface area contributed by atoms with Crippen LogP contribution >= 0.6 is 23.2 Å². The predicted molar refractivity (Wildman–Crippen MR) is 120 cm³/mol. The minimum atomic E-state index is -0.480. The number of imidazole rings is 1. The molecule has 1 aliphatic rings. The van der Waals surface area contributed by atoms with Crippen molar-refractivity contribution in [2.45, 2.75) is 13.1 Å². The molecule has 4 rings (SSSR count). The number of aryl methyl sites for hydroxylation is 1. The van der Waals surface area contributed by atoms with Crippen LogP contribution in [0.1, 0.15) is 5.56 Å². The number of hydrogen-bond acceptors (Lipinski definition) is 5. The molecule has 0 radical (unpaired) electrons. The molecule has 0 amide bonds. The van der Waals surface area contributed by atoms with Gasteiger partial charge in [-0.05, 0) is 17.7 Å². The Morgan fingerprint density at radius 2 is 1.93 bits per heavy atom. The third kappa shape index (κ3) is 3.78. The van der Waals surface area contributed by atoms with E-state index in [9.17, 15) is 9.59 Å². The molecular weight excluding hydrogens is 427 g/mol. The van der Waals surface area contributed by atoms with Gasteiger partial charge >= 0.3 is 5.69 Å². The lowest BCUT2D eigenvalue weighted by Crippen LogP contribution is -2.46. The van der Waals surface area contributed by atoms with Crippen molar-refractivity contribution in [2.75, 3.05) is 31.1 Å². The van der Waals surface area contributed by atoms with Gasteiger partial charge in [0.15, 0.2) is 11.2 Å². The molecule has 0 saturated carbocycles. The van der Waals surface area contributed by atoms with Gasteiger partial charge in [-0.15, -0.1) is 6.58 Å². The highest BCUT2D eigenvalue weighted by atomic mass is 35.5. The standard InChI is InChI=1S/C20H22Cl2N6O2/c1-3-6-28-16-17(25(2)20(30)24-18(16)29)23-19(28)27-9-7-26(8-10-27)12-13-4-5-14(21)11-15(13)22/h3-5,11H,1,6-10,12H2,2H3,(H,24,29,30). The first kappa shape index (κ1) is 20.7. The van der Waals surface area contributed by atoms with Gasteiger partial charge in [0.05, 0.1) is 0 Å². The van der Waals surface area contributed by atoms with Crippen LogP contribution in [0.2, 0.25) is 10.0 Å². The Kier molecular flexibility index (Phi) is 5.73. The molecule has 0 spiro atoms. The van der Waals surface area contributed by atoms with Gasteiger partial charge in [0.1, 0.15) is 0 Å². The first-order chi connectivity index (χ1) is 14.4. The van der Waals surface area contributed by atoms with Crippen LogP contribution in [0.15, 0.2) is 40.4 Å². The Balaban J connectivity index is 1.58. The minimum Gasteiger partial charge on any atom is -0.340 e. The SMILES string of the molecule is C=CCn1c(N2CCN(Cc3ccc(Cl)cc3Cl)CC2)nc2c1c(=O)[nH]c(=O)n2C. The first-order valence-corrected chi connectivity index (χ1v) is 10.4. The Morgan fingerprint density at radius 1 is 1.20 bits per heavy atom. The second-order valence-electron chi connectivity index (χ2n) is 7.30. The van der Waals surface area contributed by atoms with Crippen LogP contribution in [0.3, 0.4) is 0 Å². The predicted octanol–water partition coefficient (Wildman–Crippen LogP) is 2.24. The lowest BCUT2D eigenvalue weighted by molar-refractivity contribution is 0.248. The number of nitrogens with one attached hydrogen (secondary N) is 1. The van der Waals surface area contributed by atoms with Crippen molar-refractivity contribution in [1.29, 1.82) is 0 Å². The minimum absolute atomic E-state index is 0.371. The van der Waals surface area contributed by atoms with Crippen LogP contribution in [-0.4, -0.2) is 50.2 Å². The van der Waals surface area contributed by atoms with Crippen LogP contribution in [0.25, 0.3) is 11.2 Å². The second-order valence-corrected chi connectivity index (χ2v) is 8.14. The summed E-state index contributed by atoms with van der Waals surface area (Å²) in [5.41, 5.74) is 0.866. The Labute approximate surface area is 182 Å². The maximum atomic E-state index is 12.4. The van der Waals surface area contributed by atoms with Crippen LogP contribution in [0.5, 0.6) is 0 Å². The van der Waals surface area contributed by atoms with E-state index in [4.69, 9.17) is 23.2 Å². The van der Waals surface area contributed by atoms with Crippen LogP contribution in [0.4, 0.5) is 5.95 Å². The Morgan fingerprint density at radius 3 is 2.60 bits per heavy atom. The highest BCUT2D eigenvalue weighted by molar-refractivity contribution is 6.35. The molecule has 0 unspecified atom stereocenters. The van der Waals surface area contributed by atoms with Crippen molar-refractivity contribution in [1.82, 2.24) is 24.0 Å². The van der Waals surface area contributed by atoms with Crippen molar-refractivity contribution in [3.63, 3.8) is 0 Å². The smallest absolute Gasteiger partial charge is 0.329 e. The van der Waals surface area contributed by atoms with Gasteiger partial charge in [-0.2, -0.15) is 4.98 Å².